The molecule has 9 heteroatoms. The monoisotopic (exact) mass is 617 g/mol. The number of benzene rings is 4. The maximum absolute atomic E-state index is 13.3. The number of hydrogen-bond donors (Lipinski definition) is 3. The Hall–Kier alpha value is -3.45. The summed E-state index contributed by atoms with van der Waals surface area (Å²) in [5.74, 6) is -0.205. The molecule has 3 unspecified atom stereocenters. The number of ether oxygens (including phenoxy) is 1. The number of aliphatic hydroxyl groups is 1. The summed E-state index contributed by atoms with van der Waals surface area (Å²) in [6, 6.07) is 32.2. The number of nitriles is 1. The zero-order chi connectivity index (χ0) is 30.7. The van der Waals surface area contributed by atoms with Crippen LogP contribution in [0.4, 0.5) is 0 Å². The summed E-state index contributed by atoms with van der Waals surface area (Å²) in [6.07, 6.45) is 0.338. The SMILES string of the molecule is CC(C)(Cc1ccc2ccccc2c1)NC[C@@H](O)COc1ccc(S(=O)(=O)NC2(Cc3ccccc3)C(Cl)C2C#N)cc1. The number of β-amino-alcohol motifs (C(OH)–C–C–N with tert-alkyl or cyclic N) is 1. The molecule has 1 saturated carbocycles. The van der Waals surface area contributed by atoms with Crippen LogP contribution >= 0.6 is 11.6 Å². The molecule has 0 heterocycles. The minimum atomic E-state index is -3.96. The molecule has 1 fully saturated rings. The fraction of sp³-hybridized carbons (Fsp3) is 0.324. The van der Waals surface area contributed by atoms with Crippen molar-refractivity contribution in [2.75, 3.05) is 13.2 Å². The van der Waals surface area contributed by atoms with Crippen LogP contribution in [0.25, 0.3) is 10.8 Å². The van der Waals surface area contributed by atoms with E-state index in [2.05, 4.69) is 60.3 Å². The third kappa shape index (κ3) is 7.38. The second-order valence-electron chi connectivity index (χ2n) is 11.9. The molecule has 1 aliphatic carbocycles. The van der Waals surface area contributed by atoms with E-state index in [9.17, 15) is 18.8 Å². The number of aliphatic hydroxyl groups excluding tert-OH is 1. The van der Waals surface area contributed by atoms with Crippen molar-refractivity contribution in [3.05, 3.63) is 108 Å². The second kappa shape index (κ2) is 12.7. The van der Waals surface area contributed by atoms with Crippen LogP contribution < -0.4 is 14.8 Å². The molecule has 0 bridgehead atoms. The van der Waals surface area contributed by atoms with Crippen LogP contribution in [0.2, 0.25) is 0 Å². The molecule has 4 atom stereocenters. The van der Waals surface area contributed by atoms with Gasteiger partial charge in [-0.3, -0.25) is 0 Å². The van der Waals surface area contributed by atoms with Gasteiger partial charge in [-0.15, -0.1) is 11.6 Å². The van der Waals surface area contributed by atoms with Crippen molar-refractivity contribution in [1.82, 2.24) is 10.0 Å². The Bertz CT molecular complexity index is 1710. The smallest absolute Gasteiger partial charge is 0.241 e. The molecule has 0 aliphatic heterocycles. The molecule has 0 amide bonds. The predicted octanol–water partition coefficient (Wildman–Crippen LogP) is 5.21. The summed E-state index contributed by atoms with van der Waals surface area (Å²) < 4.78 is 35.0. The normalized spacial score (nSPS) is 20.8. The van der Waals surface area contributed by atoms with Gasteiger partial charge in [0.05, 0.1) is 27.8 Å². The van der Waals surface area contributed by atoms with Gasteiger partial charge in [-0.25, -0.2) is 13.1 Å². The maximum atomic E-state index is 13.3. The lowest BCUT2D eigenvalue weighted by Gasteiger charge is -2.28. The molecule has 3 N–H and O–H groups in total. The highest BCUT2D eigenvalue weighted by atomic mass is 35.5. The van der Waals surface area contributed by atoms with Crippen LogP contribution in [0.1, 0.15) is 25.0 Å². The average molecular weight is 618 g/mol. The maximum Gasteiger partial charge on any atom is 0.241 e. The first kappa shape index (κ1) is 31.0. The number of hydrogen-bond acceptors (Lipinski definition) is 6. The van der Waals surface area contributed by atoms with E-state index in [0.717, 1.165) is 12.0 Å². The van der Waals surface area contributed by atoms with Gasteiger partial charge in [0, 0.05) is 12.1 Å². The fourth-order valence-electron chi connectivity index (χ4n) is 5.46. The minimum Gasteiger partial charge on any atom is -0.491 e. The molecule has 1 aliphatic rings. The lowest BCUT2D eigenvalue weighted by atomic mass is 9.93. The quantitative estimate of drug-likeness (QED) is 0.178. The first-order valence-corrected chi connectivity index (χ1v) is 16.2. The van der Waals surface area contributed by atoms with Crippen molar-refractivity contribution in [3.8, 4) is 11.8 Å². The molecule has 4 aromatic rings. The Labute approximate surface area is 258 Å². The van der Waals surface area contributed by atoms with E-state index in [0.29, 0.717) is 18.7 Å². The highest BCUT2D eigenvalue weighted by Crippen LogP contribution is 2.51. The van der Waals surface area contributed by atoms with E-state index in [-0.39, 0.29) is 17.0 Å². The molecule has 224 valence electrons. The zero-order valence-corrected chi connectivity index (χ0v) is 25.8. The van der Waals surface area contributed by atoms with Gasteiger partial charge in [0.1, 0.15) is 18.5 Å². The number of alkyl halides is 1. The number of rotatable bonds is 13. The Kier molecular flexibility index (Phi) is 9.12. The van der Waals surface area contributed by atoms with Crippen LogP contribution in [0, 0.1) is 17.2 Å². The Morgan fingerprint density at radius 1 is 0.977 bits per heavy atom. The summed E-state index contributed by atoms with van der Waals surface area (Å²) in [7, 11) is -3.96. The number of nitrogens with zero attached hydrogens (tertiary/aromatic N) is 1. The van der Waals surface area contributed by atoms with Crippen LogP contribution in [0.15, 0.2) is 102 Å². The van der Waals surface area contributed by atoms with E-state index < -0.39 is 33.0 Å². The summed E-state index contributed by atoms with van der Waals surface area (Å²) >= 11 is 6.43. The summed E-state index contributed by atoms with van der Waals surface area (Å²) in [6.45, 7) is 4.57. The van der Waals surface area contributed by atoms with Crippen molar-refractivity contribution >= 4 is 32.4 Å². The third-order valence-corrected chi connectivity index (χ3v) is 10.1. The van der Waals surface area contributed by atoms with Crippen molar-refractivity contribution < 1.29 is 18.3 Å². The highest BCUT2D eigenvalue weighted by Gasteiger charge is 2.66. The molecule has 5 rings (SSSR count). The summed E-state index contributed by atoms with van der Waals surface area (Å²) in [5, 5.41) is 25.3. The van der Waals surface area contributed by atoms with Gasteiger partial charge in [-0.1, -0.05) is 72.8 Å². The number of fused-ring (bicyclic) bond motifs is 1. The number of halogens is 1. The van der Waals surface area contributed by atoms with E-state index in [1.54, 1.807) is 12.1 Å². The highest BCUT2D eigenvalue weighted by molar-refractivity contribution is 7.89. The molecule has 4 aromatic carbocycles. The van der Waals surface area contributed by atoms with Crippen molar-refractivity contribution in [2.24, 2.45) is 5.92 Å². The summed E-state index contributed by atoms with van der Waals surface area (Å²) in [5.41, 5.74) is 0.773. The first-order valence-electron chi connectivity index (χ1n) is 14.3. The van der Waals surface area contributed by atoms with Gasteiger partial charge in [0.2, 0.25) is 10.0 Å². The van der Waals surface area contributed by atoms with Gasteiger partial charge in [0.25, 0.3) is 0 Å². The van der Waals surface area contributed by atoms with E-state index in [1.165, 1.54) is 28.5 Å². The first-order chi connectivity index (χ1) is 20.5. The third-order valence-electron chi connectivity index (χ3n) is 7.89. The van der Waals surface area contributed by atoms with Crippen LogP contribution in [-0.2, 0) is 22.9 Å². The summed E-state index contributed by atoms with van der Waals surface area (Å²) in [4.78, 5) is 0.0393. The number of sulfonamides is 1. The zero-order valence-electron chi connectivity index (χ0n) is 24.2. The molecular weight excluding hydrogens is 582 g/mol. The van der Waals surface area contributed by atoms with Crippen LogP contribution in [-0.4, -0.2) is 49.2 Å². The topological polar surface area (TPSA) is 111 Å². The predicted molar refractivity (Wildman–Crippen MR) is 170 cm³/mol. The molecule has 7 nitrogen and oxygen atoms in total. The second-order valence-corrected chi connectivity index (χ2v) is 14.0. The van der Waals surface area contributed by atoms with Gasteiger partial charge in [-0.05, 0) is 72.9 Å². The molecular formula is C34H36ClN3O4S. The lowest BCUT2D eigenvalue weighted by molar-refractivity contribution is 0.0988. The number of nitrogens with one attached hydrogen (secondary N) is 2. The van der Waals surface area contributed by atoms with Crippen molar-refractivity contribution in [1.29, 1.82) is 5.26 Å². The van der Waals surface area contributed by atoms with Gasteiger partial charge in [0.15, 0.2) is 0 Å². The molecule has 0 saturated heterocycles. The lowest BCUT2D eigenvalue weighted by Crippen LogP contribution is -2.46. The fourth-order valence-corrected chi connectivity index (χ4v) is 7.44. The molecule has 0 aromatic heterocycles. The van der Waals surface area contributed by atoms with Crippen LogP contribution in [0.3, 0.4) is 0 Å². The Balaban J connectivity index is 1.13. The van der Waals surface area contributed by atoms with Crippen molar-refractivity contribution in [2.45, 2.75) is 54.1 Å². The van der Waals surface area contributed by atoms with Crippen molar-refractivity contribution in [3.63, 3.8) is 0 Å². The molecule has 0 spiro atoms. The van der Waals surface area contributed by atoms with Gasteiger partial charge < -0.3 is 15.2 Å². The van der Waals surface area contributed by atoms with Gasteiger partial charge >= 0.3 is 0 Å². The largest absolute Gasteiger partial charge is 0.491 e. The minimum absolute atomic E-state index is 0.0393. The molecule has 43 heavy (non-hydrogen) atoms. The van der Waals surface area contributed by atoms with Crippen LogP contribution in [0.5, 0.6) is 5.75 Å². The van der Waals surface area contributed by atoms with E-state index >= 15 is 0 Å². The van der Waals surface area contributed by atoms with E-state index in [4.69, 9.17) is 16.3 Å². The van der Waals surface area contributed by atoms with E-state index in [1.807, 2.05) is 42.5 Å². The standard InChI is InChI=1S/C34H36ClN3O4S/c1-33(2,19-25-12-13-26-10-6-7-11-27(26)18-25)37-22-28(39)23-42-29-14-16-30(17-15-29)43(40,41)38-34(31(21-36)32(34)35)20-24-8-4-3-5-9-24/h3-18,28,31-32,37-39H,19-20,22-23H2,1-2H3/t28-,31?,32?,34?/m1/s1. The molecule has 0 radical (unpaired) electrons. The Morgan fingerprint density at radius 3 is 2.33 bits per heavy atom. The Morgan fingerprint density at radius 2 is 1.65 bits per heavy atom. The average Bonchev–Trinajstić information content (AvgIpc) is 3.54. The van der Waals surface area contributed by atoms with Gasteiger partial charge in [-0.2, -0.15) is 5.26 Å².